The monoisotopic (exact) mass is 306 g/mol. The van der Waals surface area contributed by atoms with Gasteiger partial charge in [-0.25, -0.2) is 4.79 Å². The summed E-state index contributed by atoms with van der Waals surface area (Å²) in [7, 11) is 1.65. The molecule has 0 aliphatic rings. The van der Waals surface area contributed by atoms with Crippen LogP contribution in [0.5, 0.6) is 0 Å². The second-order valence-corrected chi connectivity index (χ2v) is 5.54. The van der Waals surface area contributed by atoms with E-state index in [0.717, 1.165) is 11.3 Å². The summed E-state index contributed by atoms with van der Waals surface area (Å²) in [4.78, 5) is 34.8. The van der Waals surface area contributed by atoms with Crippen molar-refractivity contribution in [1.82, 2.24) is 4.57 Å². The van der Waals surface area contributed by atoms with Crippen molar-refractivity contribution in [3.8, 4) is 0 Å². The molecule has 0 aliphatic heterocycles. The average Bonchev–Trinajstić information content (AvgIpc) is 2.94. The van der Waals surface area contributed by atoms with E-state index < -0.39 is 11.9 Å². The lowest BCUT2D eigenvalue weighted by molar-refractivity contribution is 0.0703. The third-order valence-corrected chi connectivity index (χ3v) is 4.14. The summed E-state index contributed by atoms with van der Waals surface area (Å²) in [5, 5.41) is 13.4. The van der Waals surface area contributed by atoms with Gasteiger partial charge in [-0.3, -0.25) is 9.59 Å². The summed E-state index contributed by atoms with van der Waals surface area (Å²) in [6.45, 7) is 3.15. The summed E-state index contributed by atoms with van der Waals surface area (Å²) in [5.41, 5.74) is 1.71. The number of aryl methyl sites for hydroxylation is 2. The van der Waals surface area contributed by atoms with Crippen molar-refractivity contribution in [3.05, 3.63) is 39.3 Å². The third-order valence-electron chi connectivity index (χ3n) is 3.05. The fourth-order valence-electron chi connectivity index (χ4n) is 1.92. The highest BCUT2D eigenvalue weighted by Gasteiger charge is 2.20. The van der Waals surface area contributed by atoms with Gasteiger partial charge in [0.15, 0.2) is 5.78 Å². The van der Waals surface area contributed by atoms with E-state index in [9.17, 15) is 14.4 Å². The van der Waals surface area contributed by atoms with Gasteiger partial charge in [-0.2, -0.15) is 0 Å². The SMILES string of the molecule is CC(=O)c1cc(C(=O)Nc2c(C)csc2C(=O)O)n(C)c1. The van der Waals surface area contributed by atoms with Crippen molar-refractivity contribution in [1.29, 1.82) is 0 Å². The Bertz CT molecular complexity index is 742. The Morgan fingerprint density at radius 3 is 2.52 bits per heavy atom. The number of hydrogen-bond donors (Lipinski definition) is 2. The zero-order valence-corrected chi connectivity index (χ0v) is 12.6. The van der Waals surface area contributed by atoms with E-state index in [1.54, 1.807) is 25.5 Å². The molecule has 0 fully saturated rings. The standard InChI is InChI=1S/C14H14N2O4S/c1-7-6-21-12(14(19)20)11(7)15-13(18)10-4-9(8(2)17)5-16(10)3/h4-6H,1-3H3,(H,15,18)(H,19,20). The lowest BCUT2D eigenvalue weighted by Gasteiger charge is -2.07. The molecule has 0 bridgehead atoms. The number of hydrogen-bond acceptors (Lipinski definition) is 4. The normalized spacial score (nSPS) is 10.4. The van der Waals surface area contributed by atoms with E-state index >= 15 is 0 Å². The number of carboxylic acids is 1. The first-order chi connectivity index (χ1) is 9.81. The number of aromatic nitrogens is 1. The maximum absolute atomic E-state index is 12.3. The van der Waals surface area contributed by atoms with Gasteiger partial charge in [0.2, 0.25) is 0 Å². The molecular formula is C14H14N2O4S. The summed E-state index contributed by atoms with van der Waals surface area (Å²) in [6, 6.07) is 1.49. The van der Waals surface area contributed by atoms with Gasteiger partial charge >= 0.3 is 5.97 Å². The number of nitrogens with zero attached hydrogens (tertiary/aromatic N) is 1. The van der Waals surface area contributed by atoms with E-state index in [4.69, 9.17) is 5.11 Å². The highest BCUT2D eigenvalue weighted by molar-refractivity contribution is 7.12. The number of nitrogens with one attached hydrogen (secondary N) is 1. The number of ketones is 1. The molecule has 21 heavy (non-hydrogen) atoms. The molecule has 6 nitrogen and oxygen atoms in total. The molecule has 0 unspecified atom stereocenters. The zero-order chi connectivity index (χ0) is 15.7. The molecule has 1 amide bonds. The van der Waals surface area contributed by atoms with Crippen LogP contribution in [0.4, 0.5) is 5.69 Å². The van der Waals surface area contributed by atoms with Crippen LogP contribution < -0.4 is 5.32 Å². The Labute approximate surface area is 125 Å². The van der Waals surface area contributed by atoms with E-state index in [2.05, 4.69) is 5.32 Å². The maximum Gasteiger partial charge on any atom is 0.348 e. The first-order valence-electron chi connectivity index (χ1n) is 6.11. The average molecular weight is 306 g/mol. The van der Waals surface area contributed by atoms with Gasteiger partial charge in [0.1, 0.15) is 10.6 Å². The molecule has 7 heteroatoms. The summed E-state index contributed by atoms with van der Waals surface area (Å²) >= 11 is 1.06. The van der Waals surface area contributed by atoms with Crippen LogP contribution in [0.25, 0.3) is 0 Å². The molecule has 2 N–H and O–H groups in total. The molecule has 2 aromatic rings. The fraction of sp³-hybridized carbons (Fsp3) is 0.214. The molecule has 0 saturated carbocycles. The largest absolute Gasteiger partial charge is 0.477 e. The maximum atomic E-state index is 12.3. The van der Waals surface area contributed by atoms with Crippen molar-refractivity contribution in [3.63, 3.8) is 0 Å². The number of carbonyl (C=O) groups excluding carboxylic acids is 2. The van der Waals surface area contributed by atoms with Crippen molar-refractivity contribution >= 4 is 34.7 Å². The first kappa shape index (κ1) is 15.0. The number of carbonyl (C=O) groups is 3. The van der Waals surface area contributed by atoms with Crippen LogP contribution in [0.2, 0.25) is 0 Å². The van der Waals surface area contributed by atoms with Crippen LogP contribution in [0.15, 0.2) is 17.6 Å². The van der Waals surface area contributed by atoms with Gasteiger partial charge in [-0.15, -0.1) is 11.3 Å². The third kappa shape index (κ3) is 2.87. The number of Topliss-reactive ketones (excluding diaryl/α,β-unsaturated/α-hetero) is 1. The topological polar surface area (TPSA) is 88.4 Å². The molecule has 0 aliphatic carbocycles. The number of anilines is 1. The minimum Gasteiger partial charge on any atom is -0.477 e. The van der Waals surface area contributed by atoms with E-state index in [1.165, 1.54) is 17.6 Å². The highest BCUT2D eigenvalue weighted by atomic mass is 32.1. The lowest BCUT2D eigenvalue weighted by atomic mass is 10.2. The molecule has 2 aromatic heterocycles. The van der Waals surface area contributed by atoms with Crippen LogP contribution in [0.3, 0.4) is 0 Å². The van der Waals surface area contributed by atoms with E-state index in [-0.39, 0.29) is 10.7 Å². The Morgan fingerprint density at radius 1 is 1.33 bits per heavy atom. The van der Waals surface area contributed by atoms with Gasteiger partial charge < -0.3 is 15.0 Å². The Hall–Kier alpha value is -2.41. The number of amides is 1. The second kappa shape index (κ2) is 5.53. The quantitative estimate of drug-likeness (QED) is 0.850. The smallest absolute Gasteiger partial charge is 0.348 e. The van der Waals surface area contributed by atoms with Crippen LogP contribution in [0.1, 0.15) is 43.0 Å². The number of aromatic carboxylic acids is 1. The molecule has 110 valence electrons. The lowest BCUT2D eigenvalue weighted by Crippen LogP contribution is -2.17. The van der Waals surface area contributed by atoms with Crippen LogP contribution in [0, 0.1) is 6.92 Å². The van der Waals surface area contributed by atoms with Crippen LogP contribution in [-0.4, -0.2) is 27.3 Å². The van der Waals surface area contributed by atoms with E-state index in [1.807, 2.05) is 0 Å². The van der Waals surface area contributed by atoms with Crippen molar-refractivity contribution in [2.45, 2.75) is 13.8 Å². The fourth-order valence-corrected chi connectivity index (χ4v) is 2.76. The Morgan fingerprint density at radius 2 is 2.00 bits per heavy atom. The molecule has 0 spiro atoms. The number of thiophene rings is 1. The molecule has 0 saturated heterocycles. The van der Waals surface area contributed by atoms with Crippen LogP contribution in [-0.2, 0) is 7.05 Å². The summed E-state index contributed by atoms with van der Waals surface area (Å²) in [6.07, 6.45) is 1.57. The predicted molar refractivity (Wildman–Crippen MR) is 79.4 cm³/mol. The second-order valence-electron chi connectivity index (χ2n) is 4.66. The minimum absolute atomic E-state index is 0.0850. The minimum atomic E-state index is -1.08. The van der Waals surface area contributed by atoms with Gasteiger partial charge in [0, 0.05) is 18.8 Å². The van der Waals surface area contributed by atoms with Crippen molar-refractivity contribution in [2.24, 2.45) is 7.05 Å². The molecule has 0 atom stereocenters. The molecule has 0 aromatic carbocycles. The van der Waals surface area contributed by atoms with Gasteiger partial charge in [-0.05, 0) is 30.9 Å². The van der Waals surface area contributed by atoms with E-state index in [0.29, 0.717) is 22.5 Å². The summed E-state index contributed by atoms with van der Waals surface area (Å²) in [5.74, 6) is -1.67. The van der Waals surface area contributed by atoms with Crippen molar-refractivity contribution in [2.75, 3.05) is 5.32 Å². The number of rotatable bonds is 4. The Balaban J connectivity index is 2.33. The first-order valence-corrected chi connectivity index (χ1v) is 6.99. The predicted octanol–water partition coefficient (Wildman–Crippen LogP) is 2.55. The highest BCUT2D eigenvalue weighted by Crippen LogP contribution is 2.28. The molecular weight excluding hydrogens is 292 g/mol. The molecule has 2 rings (SSSR count). The van der Waals surface area contributed by atoms with Gasteiger partial charge in [-0.1, -0.05) is 0 Å². The Kier molecular flexibility index (Phi) is 3.95. The zero-order valence-electron chi connectivity index (χ0n) is 11.8. The van der Waals surface area contributed by atoms with Crippen LogP contribution >= 0.6 is 11.3 Å². The van der Waals surface area contributed by atoms with Gasteiger partial charge in [0.05, 0.1) is 5.69 Å². The van der Waals surface area contributed by atoms with Gasteiger partial charge in [0.25, 0.3) is 5.91 Å². The van der Waals surface area contributed by atoms with Crippen molar-refractivity contribution < 1.29 is 19.5 Å². The molecule has 0 radical (unpaired) electrons. The molecule has 2 heterocycles. The summed E-state index contributed by atoms with van der Waals surface area (Å²) < 4.78 is 1.54. The number of carboxylic acid groups (broad SMARTS) is 1.